The molecule has 0 N–H and O–H groups in total. The van der Waals surface area contributed by atoms with Crippen molar-refractivity contribution in [3.05, 3.63) is 194 Å². The van der Waals surface area contributed by atoms with Crippen LogP contribution >= 0.6 is 0 Å². The molecule has 10 rings (SSSR count). The first-order chi connectivity index (χ1) is 24.8. The maximum Gasteiger partial charge on any atom is -0.00262 e. The standard InChI is InChI=1S/C50H32/c1-3-19-41-33(12-1)14-11-25-43(41)37-16-10-18-40(32-37)50-47-23-7-5-21-45(47)49(46-22-6-8-24-48(46)50)39-17-9-15-35(31-39)36-28-29-44-38(30-36)27-26-34-13-2-4-20-42(34)44/h1-32H. The normalized spacial score (nSPS) is 11.6. The minimum atomic E-state index is 1.22. The summed E-state index contributed by atoms with van der Waals surface area (Å²) in [6, 6.07) is 71.3. The van der Waals surface area contributed by atoms with E-state index in [9.17, 15) is 0 Å². The molecule has 10 aromatic rings. The molecule has 0 aliphatic heterocycles. The second kappa shape index (κ2) is 11.6. The first kappa shape index (κ1) is 28.5. The molecule has 232 valence electrons. The Morgan fingerprint density at radius 1 is 0.200 bits per heavy atom. The molecule has 0 aliphatic carbocycles. The molecule has 0 heteroatoms. The first-order valence-electron chi connectivity index (χ1n) is 17.3. The van der Waals surface area contributed by atoms with Gasteiger partial charge < -0.3 is 0 Å². The summed E-state index contributed by atoms with van der Waals surface area (Å²) in [6.45, 7) is 0. The summed E-state index contributed by atoms with van der Waals surface area (Å²) < 4.78 is 0. The van der Waals surface area contributed by atoms with E-state index in [-0.39, 0.29) is 0 Å². The van der Waals surface area contributed by atoms with E-state index in [0.717, 1.165) is 0 Å². The molecule has 0 heterocycles. The fraction of sp³-hybridized carbons (Fsp3) is 0. The molecule has 10 aromatic carbocycles. The molecule has 50 heavy (non-hydrogen) atoms. The van der Waals surface area contributed by atoms with Gasteiger partial charge in [0.15, 0.2) is 0 Å². The highest BCUT2D eigenvalue weighted by Crippen LogP contribution is 2.45. The molecule has 0 aromatic heterocycles. The molecule has 0 nitrogen and oxygen atoms in total. The minimum Gasteiger partial charge on any atom is -0.0616 e. The van der Waals surface area contributed by atoms with E-state index >= 15 is 0 Å². The quantitative estimate of drug-likeness (QED) is 0.134. The van der Waals surface area contributed by atoms with Gasteiger partial charge in [-0.3, -0.25) is 0 Å². The smallest absolute Gasteiger partial charge is 0.00262 e. The van der Waals surface area contributed by atoms with Crippen LogP contribution in [0.4, 0.5) is 0 Å². The van der Waals surface area contributed by atoms with E-state index in [1.165, 1.54) is 98.4 Å². The van der Waals surface area contributed by atoms with Crippen LogP contribution < -0.4 is 0 Å². The van der Waals surface area contributed by atoms with Crippen molar-refractivity contribution in [1.29, 1.82) is 0 Å². The van der Waals surface area contributed by atoms with Crippen LogP contribution in [0.15, 0.2) is 194 Å². The number of fused-ring (bicyclic) bond motifs is 6. The number of benzene rings is 10. The van der Waals surface area contributed by atoms with Crippen LogP contribution in [-0.2, 0) is 0 Å². The van der Waals surface area contributed by atoms with E-state index in [4.69, 9.17) is 0 Å². The van der Waals surface area contributed by atoms with Crippen LogP contribution in [-0.4, -0.2) is 0 Å². The van der Waals surface area contributed by atoms with Gasteiger partial charge in [0.25, 0.3) is 0 Å². The number of hydrogen-bond acceptors (Lipinski definition) is 0. The maximum absolute atomic E-state index is 2.37. The van der Waals surface area contributed by atoms with Crippen molar-refractivity contribution in [2.24, 2.45) is 0 Å². The fourth-order valence-electron chi connectivity index (χ4n) is 8.12. The topological polar surface area (TPSA) is 0 Å². The SMILES string of the molecule is c1cc(-c2ccc3c(ccc4ccccc43)c2)cc(-c2c3ccccc3c(-c3cccc(-c4cccc5ccccc45)c3)c3ccccc23)c1. The predicted molar refractivity (Wildman–Crippen MR) is 216 cm³/mol. The van der Waals surface area contributed by atoms with Gasteiger partial charge in [0.2, 0.25) is 0 Å². The Balaban J connectivity index is 1.16. The third kappa shape index (κ3) is 4.61. The third-order valence-electron chi connectivity index (χ3n) is 10.4. The Hall–Kier alpha value is -6.50. The number of hydrogen-bond donors (Lipinski definition) is 0. The summed E-state index contributed by atoms with van der Waals surface area (Å²) in [5.74, 6) is 0. The summed E-state index contributed by atoms with van der Waals surface area (Å²) in [5.41, 5.74) is 9.94. The molecule has 0 unspecified atom stereocenters. The molecule has 0 amide bonds. The molecule has 0 bridgehead atoms. The Kier molecular flexibility index (Phi) is 6.60. The molecule has 0 radical (unpaired) electrons. The largest absolute Gasteiger partial charge is 0.0616 e. The zero-order valence-corrected chi connectivity index (χ0v) is 27.5. The summed E-state index contributed by atoms with van der Waals surface area (Å²) in [5, 5.41) is 12.7. The molecular weight excluding hydrogens is 601 g/mol. The summed E-state index contributed by atoms with van der Waals surface area (Å²) >= 11 is 0. The highest BCUT2D eigenvalue weighted by atomic mass is 14.2. The van der Waals surface area contributed by atoms with E-state index < -0.39 is 0 Å². The highest BCUT2D eigenvalue weighted by Gasteiger charge is 2.17. The molecule has 0 saturated heterocycles. The fourth-order valence-corrected chi connectivity index (χ4v) is 8.12. The molecular formula is C50H32. The first-order valence-corrected chi connectivity index (χ1v) is 17.3. The van der Waals surface area contributed by atoms with Crippen molar-refractivity contribution in [2.45, 2.75) is 0 Å². The van der Waals surface area contributed by atoms with E-state index in [0.29, 0.717) is 0 Å². The van der Waals surface area contributed by atoms with Crippen LogP contribution in [0.3, 0.4) is 0 Å². The van der Waals surface area contributed by atoms with Gasteiger partial charge in [-0.15, -0.1) is 0 Å². The Labute approximate surface area is 291 Å². The van der Waals surface area contributed by atoms with Gasteiger partial charge in [0.05, 0.1) is 0 Å². The highest BCUT2D eigenvalue weighted by molar-refractivity contribution is 6.21. The maximum atomic E-state index is 2.37. The van der Waals surface area contributed by atoms with Crippen molar-refractivity contribution in [2.75, 3.05) is 0 Å². The van der Waals surface area contributed by atoms with Crippen LogP contribution in [0.2, 0.25) is 0 Å². The minimum absolute atomic E-state index is 1.22. The van der Waals surface area contributed by atoms with E-state index in [1.807, 2.05) is 0 Å². The Morgan fingerprint density at radius 3 is 1.28 bits per heavy atom. The number of rotatable bonds is 4. The lowest BCUT2D eigenvalue weighted by Crippen LogP contribution is -1.91. The van der Waals surface area contributed by atoms with Crippen LogP contribution in [0.25, 0.3) is 98.4 Å². The molecule has 0 spiro atoms. The Bertz CT molecular complexity index is 2860. The van der Waals surface area contributed by atoms with Crippen LogP contribution in [0, 0.1) is 0 Å². The zero-order chi connectivity index (χ0) is 33.0. The van der Waals surface area contributed by atoms with Gasteiger partial charge in [-0.25, -0.2) is 0 Å². The average molecular weight is 633 g/mol. The van der Waals surface area contributed by atoms with Gasteiger partial charge in [-0.05, 0) is 117 Å². The summed E-state index contributed by atoms with van der Waals surface area (Å²) in [6.07, 6.45) is 0. The summed E-state index contributed by atoms with van der Waals surface area (Å²) in [4.78, 5) is 0. The van der Waals surface area contributed by atoms with Crippen LogP contribution in [0.1, 0.15) is 0 Å². The van der Waals surface area contributed by atoms with Gasteiger partial charge in [-0.1, -0.05) is 176 Å². The van der Waals surface area contributed by atoms with Gasteiger partial charge in [0.1, 0.15) is 0 Å². The molecule has 0 aliphatic rings. The molecule has 0 fully saturated rings. The van der Waals surface area contributed by atoms with Gasteiger partial charge in [0, 0.05) is 0 Å². The lowest BCUT2D eigenvalue weighted by atomic mass is 9.84. The predicted octanol–water partition coefficient (Wildman–Crippen LogP) is 14.1. The third-order valence-corrected chi connectivity index (χ3v) is 10.4. The van der Waals surface area contributed by atoms with Crippen molar-refractivity contribution < 1.29 is 0 Å². The van der Waals surface area contributed by atoms with Crippen molar-refractivity contribution in [3.8, 4) is 44.5 Å². The van der Waals surface area contributed by atoms with Gasteiger partial charge >= 0.3 is 0 Å². The van der Waals surface area contributed by atoms with E-state index in [1.54, 1.807) is 0 Å². The second-order valence-electron chi connectivity index (χ2n) is 13.3. The van der Waals surface area contributed by atoms with Crippen molar-refractivity contribution in [1.82, 2.24) is 0 Å². The van der Waals surface area contributed by atoms with Gasteiger partial charge in [-0.2, -0.15) is 0 Å². The summed E-state index contributed by atoms with van der Waals surface area (Å²) in [7, 11) is 0. The van der Waals surface area contributed by atoms with Crippen molar-refractivity contribution in [3.63, 3.8) is 0 Å². The second-order valence-corrected chi connectivity index (χ2v) is 13.3. The van der Waals surface area contributed by atoms with Crippen molar-refractivity contribution >= 4 is 53.9 Å². The zero-order valence-electron chi connectivity index (χ0n) is 27.5. The molecule has 0 saturated carbocycles. The average Bonchev–Trinajstić information content (AvgIpc) is 3.19. The Morgan fingerprint density at radius 2 is 0.620 bits per heavy atom. The molecule has 0 atom stereocenters. The van der Waals surface area contributed by atoms with E-state index in [2.05, 4.69) is 194 Å². The lowest BCUT2D eigenvalue weighted by Gasteiger charge is -2.19. The lowest BCUT2D eigenvalue weighted by molar-refractivity contribution is 1.62. The van der Waals surface area contributed by atoms with Crippen LogP contribution in [0.5, 0.6) is 0 Å². The monoisotopic (exact) mass is 632 g/mol.